The SMILES string of the molecule is CS(=O)(=O)c1ccc(C2=C(c3ccc(Cl)c(Cl)c3)Cc3ccccc3O2)cc1. The topological polar surface area (TPSA) is 43.4 Å². The van der Waals surface area contributed by atoms with Crippen LogP contribution < -0.4 is 4.74 Å². The van der Waals surface area contributed by atoms with Crippen LogP contribution in [0.3, 0.4) is 0 Å². The Kier molecular flexibility index (Phi) is 4.96. The Morgan fingerprint density at radius 2 is 1.54 bits per heavy atom. The number of para-hydroxylation sites is 1. The maximum atomic E-state index is 11.8. The minimum atomic E-state index is -3.26. The number of ether oxygens (including phenoxy) is 1. The number of fused-ring (bicyclic) bond motifs is 1. The molecule has 0 amide bonds. The summed E-state index contributed by atoms with van der Waals surface area (Å²) >= 11 is 12.3. The number of sulfone groups is 1. The quantitative estimate of drug-likeness (QED) is 0.519. The molecule has 28 heavy (non-hydrogen) atoms. The minimum absolute atomic E-state index is 0.268. The van der Waals surface area contributed by atoms with Crippen molar-refractivity contribution in [1.82, 2.24) is 0 Å². The molecule has 0 bridgehead atoms. The first-order valence-electron chi connectivity index (χ1n) is 8.58. The van der Waals surface area contributed by atoms with Gasteiger partial charge in [-0.05, 0) is 53.6 Å². The summed E-state index contributed by atoms with van der Waals surface area (Å²) in [6, 6.07) is 20.0. The minimum Gasteiger partial charge on any atom is -0.456 e. The molecule has 0 fully saturated rings. The van der Waals surface area contributed by atoms with Crippen LogP contribution in [0.5, 0.6) is 5.75 Å². The van der Waals surface area contributed by atoms with Crippen LogP contribution in [0.15, 0.2) is 71.6 Å². The Bertz CT molecular complexity index is 1200. The van der Waals surface area contributed by atoms with Gasteiger partial charge in [-0.25, -0.2) is 8.42 Å². The van der Waals surface area contributed by atoms with Crippen molar-refractivity contribution < 1.29 is 13.2 Å². The molecule has 1 heterocycles. The molecule has 6 heteroatoms. The van der Waals surface area contributed by atoms with Crippen LogP contribution in [-0.2, 0) is 16.3 Å². The Labute approximate surface area is 174 Å². The molecule has 0 saturated heterocycles. The predicted molar refractivity (Wildman–Crippen MR) is 114 cm³/mol. The molecular formula is C22H16Cl2O3S. The number of rotatable bonds is 3. The van der Waals surface area contributed by atoms with Gasteiger partial charge in [-0.1, -0.05) is 47.5 Å². The molecule has 0 aliphatic carbocycles. The van der Waals surface area contributed by atoms with Gasteiger partial charge in [0.1, 0.15) is 11.5 Å². The van der Waals surface area contributed by atoms with E-state index in [4.69, 9.17) is 27.9 Å². The summed E-state index contributed by atoms with van der Waals surface area (Å²) < 4.78 is 29.8. The third-order valence-electron chi connectivity index (χ3n) is 4.64. The number of allylic oxidation sites excluding steroid dienone is 1. The molecule has 1 aliphatic rings. The van der Waals surface area contributed by atoms with Crippen molar-refractivity contribution in [1.29, 1.82) is 0 Å². The molecule has 0 atom stereocenters. The summed E-state index contributed by atoms with van der Waals surface area (Å²) in [5.74, 6) is 1.46. The van der Waals surface area contributed by atoms with Crippen LogP contribution in [-0.4, -0.2) is 14.7 Å². The summed E-state index contributed by atoms with van der Waals surface area (Å²) in [6.07, 6.45) is 1.85. The van der Waals surface area contributed by atoms with Gasteiger partial charge in [0.25, 0.3) is 0 Å². The van der Waals surface area contributed by atoms with Gasteiger partial charge in [0.2, 0.25) is 0 Å². The number of halogens is 2. The van der Waals surface area contributed by atoms with Gasteiger partial charge in [-0.3, -0.25) is 0 Å². The van der Waals surface area contributed by atoms with E-state index in [1.807, 2.05) is 36.4 Å². The van der Waals surface area contributed by atoms with Crippen molar-refractivity contribution in [3.05, 3.63) is 93.5 Å². The molecule has 3 nitrogen and oxygen atoms in total. The van der Waals surface area contributed by atoms with Crippen molar-refractivity contribution in [2.24, 2.45) is 0 Å². The molecule has 1 aliphatic heterocycles. The van der Waals surface area contributed by atoms with E-state index in [1.165, 1.54) is 6.26 Å². The lowest BCUT2D eigenvalue weighted by atomic mass is 9.92. The van der Waals surface area contributed by atoms with Crippen LogP contribution in [0, 0.1) is 0 Å². The molecule has 0 radical (unpaired) electrons. The molecule has 4 rings (SSSR count). The molecular weight excluding hydrogens is 415 g/mol. The van der Waals surface area contributed by atoms with Crippen LogP contribution in [0.1, 0.15) is 16.7 Å². The highest BCUT2D eigenvalue weighted by Gasteiger charge is 2.23. The second-order valence-corrected chi connectivity index (χ2v) is 9.45. The fourth-order valence-corrected chi connectivity index (χ4v) is 4.12. The van der Waals surface area contributed by atoms with Crippen molar-refractivity contribution >= 4 is 44.4 Å². The van der Waals surface area contributed by atoms with E-state index in [0.29, 0.717) is 22.2 Å². The fourth-order valence-electron chi connectivity index (χ4n) is 3.20. The largest absolute Gasteiger partial charge is 0.456 e. The van der Waals surface area contributed by atoms with Crippen LogP contribution in [0.4, 0.5) is 0 Å². The lowest BCUT2D eigenvalue weighted by molar-refractivity contribution is 0.502. The molecule has 3 aromatic carbocycles. The van der Waals surface area contributed by atoms with E-state index in [1.54, 1.807) is 30.3 Å². The number of benzene rings is 3. The zero-order valence-corrected chi connectivity index (χ0v) is 17.3. The molecule has 0 aromatic heterocycles. The summed E-state index contributed by atoms with van der Waals surface area (Å²) in [6.45, 7) is 0. The highest BCUT2D eigenvalue weighted by molar-refractivity contribution is 7.90. The van der Waals surface area contributed by atoms with E-state index >= 15 is 0 Å². The van der Waals surface area contributed by atoms with Gasteiger partial charge in [0.05, 0.1) is 14.9 Å². The van der Waals surface area contributed by atoms with Gasteiger partial charge in [0, 0.05) is 23.8 Å². The number of hydrogen-bond donors (Lipinski definition) is 0. The van der Waals surface area contributed by atoms with Crippen LogP contribution in [0.2, 0.25) is 10.0 Å². The summed E-state index contributed by atoms with van der Waals surface area (Å²) in [5.41, 5.74) is 3.73. The Hall–Kier alpha value is -2.27. The molecule has 3 aromatic rings. The van der Waals surface area contributed by atoms with E-state index < -0.39 is 9.84 Å². The van der Waals surface area contributed by atoms with Crippen molar-refractivity contribution in [2.75, 3.05) is 6.26 Å². The van der Waals surface area contributed by atoms with Crippen molar-refractivity contribution in [3.63, 3.8) is 0 Å². The molecule has 0 unspecified atom stereocenters. The van der Waals surface area contributed by atoms with Gasteiger partial charge in [-0.15, -0.1) is 0 Å². The normalized spacial score (nSPS) is 13.8. The summed E-state index contributed by atoms with van der Waals surface area (Å²) in [4.78, 5) is 0.268. The van der Waals surface area contributed by atoms with E-state index in [9.17, 15) is 8.42 Å². The third-order valence-corrected chi connectivity index (χ3v) is 6.51. The second-order valence-electron chi connectivity index (χ2n) is 6.62. The average molecular weight is 431 g/mol. The zero-order chi connectivity index (χ0) is 19.9. The van der Waals surface area contributed by atoms with E-state index in [2.05, 4.69) is 0 Å². The molecule has 0 saturated carbocycles. The molecule has 0 N–H and O–H groups in total. The van der Waals surface area contributed by atoms with Gasteiger partial charge in [-0.2, -0.15) is 0 Å². The summed E-state index contributed by atoms with van der Waals surface area (Å²) in [7, 11) is -3.26. The Balaban J connectivity index is 1.87. The average Bonchev–Trinajstić information content (AvgIpc) is 2.68. The predicted octanol–water partition coefficient (Wildman–Crippen LogP) is 5.90. The highest BCUT2D eigenvalue weighted by Crippen LogP contribution is 2.40. The fraction of sp³-hybridized carbons (Fsp3) is 0.0909. The second kappa shape index (κ2) is 7.28. The smallest absolute Gasteiger partial charge is 0.175 e. The lowest BCUT2D eigenvalue weighted by Gasteiger charge is -2.24. The van der Waals surface area contributed by atoms with Crippen LogP contribution >= 0.6 is 23.2 Å². The third kappa shape index (κ3) is 3.68. The first kappa shape index (κ1) is 19.1. The molecule has 142 valence electrons. The zero-order valence-electron chi connectivity index (χ0n) is 14.9. The maximum Gasteiger partial charge on any atom is 0.175 e. The van der Waals surface area contributed by atoms with E-state index in [-0.39, 0.29) is 4.90 Å². The standard InChI is InChI=1S/C22H16Cl2O3S/c1-28(25,26)17-9-6-14(7-10-17)22-18(15-8-11-19(23)20(24)13-15)12-16-4-2-3-5-21(16)27-22/h2-11,13H,12H2,1H3. The maximum absolute atomic E-state index is 11.8. The molecule has 0 spiro atoms. The van der Waals surface area contributed by atoms with Crippen LogP contribution in [0.25, 0.3) is 11.3 Å². The lowest BCUT2D eigenvalue weighted by Crippen LogP contribution is -2.09. The van der Waals surface area contributed by atoms with Crippen molar-refractivity contribution in [2.45, 2.75) is 11.3 Å². The summed E-state index contributed by atoms with van der Waals surface area (Å²) in [5, 5.41) is 0.958. The first-order valence-corrected chi connectivity index (χ1v) is 11.2. The van der Waals surface area contributed by atoms with Gasteiger partial charge < -0.3 is 4.74 Å². The first-order chi connectivity index (χ1) is 13.3. The van der Waals surface area contributed by atoms with E-state index in [0.717, 1.165) is 28.0 Å². The van der Waals surface area contributed by atoms with Gasteiger partial charge >= 0.3 is 0 Å². The monoisotopic (exact) mass is 430 g/mol. The highest BCUT2D eigenvalue weighted by atomic mass is 35.5. The Morgan fingerprint density at radius 1 is 0.857 bits per heavy atom. The number of hydrogen-bond acceptors (Lipinski definition) is 3. The van der Waals surface area contributed by atoms with Gasteiger partial charge in [0.15, 0.2) is 9.84 Å². The van der Waals surface area contributed by atoms with Crippen molar-refractivity contribution in [3.8, 4) is 5.75 Å². The Morgan fingerprint density at radius 3 is 2.21 bits per heavy atom.